The highest BCUT2D eigenvalue weighted by Gasteiger charge is 2.32. The van der Waals surface area contributed by atoms with Crippen LogP contribution in [0.5, 0.6) is 0 Å². The Morgan fingerprint density at radius 1 is 1.29 bits per heavy atom. The van der Waals surface area contributed by atoms with Crippen molar-refractivity contribution in [1.29, 1.82) is 0 Å². The number of carbonyl (C=O) groups is 1. The first-order chi connectivity index (χ1) is 10.3. The zero-order valence-electron chi connectivity index (χ0n) is 11.9. The lowest BCUT2D eigenvalue weighted by Gasteiger charge is -2.37. The van der Waals surface area contributed by atoms with Crippen molar-refractivity contribution < 1.29 is 9.53 Å². The van der Waals surface area contributed by atoms with E-state index < -0.39 is 0 Å². The summed E-state index contributed by atoms with van der Waals surface area (Å²) in [6.07, 6.45) is 0.734. The van der Waals surface area contributed by atoms with Crippen LogP contribution in [0.3, 0.4) is 0 Å². The number of hydrogen-bond donors (Lipinski definition) is 1. The third-order valence-corrected chi connectivity index (χ3v) is 4.51. The molecule has 1 aromatic heterocycles. The van der Waals surface area contributed by atoms with Crippen molar-refractivity contribution in [2.24, 2.45) is 0 Å². The number of ether oxygens (including phenoxy) is 1. The number of nitrogens with zero attached hydrogens (tertiary/aromatic N) is 1. The van der Waals surface area contributed by atoms with Crippen LogP contribution in [0.4, 0.5) is 5.69 Å². The first-order valence-electron chi connectivity index (χ1n) is 7.00. The van der Waals surface area contributed by atoms with E-state index in [1.54, 1.807) is 18.4 Å². The molecule has 0 fully saturated rings. The highest BCUT2D eigenvalue weighted by atomic mass is 32.1. The average Bonchev–Trinajstić information content (AvgIpc) is 3.04. The third-order valence-electron chi connectivity index (χ3n) is 3.58. The number of benzene rings is 1. The molecule has 0 spiro atoms. The lowest BCUT2D eigenvalue weighted by atomic mass is 10.1. The molecule has 2 heterocycles. The normalized spacial score (nSPS) is 17.5. The van der Waals surface area contributed by atoms with Crippen LogP contribution in [0.1, 0.15) is 27.8 Å². The largest absolute Gasteiger partial charge is 0.385 e. The number of fused-ring (bicyclic) bond motifs is 1. The maximum Gasteiger partial charge on any atom is 0.257 e. The number of hydrogen-bond acceptors (Lipinski definition) is 4. The maximum atomic E-state index is 12.8. The van der Waals surface area contributed by atoms with Crippen LogP contribution in [0.25, 0.3) is 0 Å². The molecule has 4 nitrogen and oxygen atoms in total. The predicted octanol–water partition coefficient (Wildman–Crippen LogP) is 3.35. The molecule has 1 amide bonds. The van der Waals surface area contributed by atoms with E-state index in [4.69, 9.17) is 4.74 Å². The second-order valence-corrected chi connectivity index (χ2v) is 5.93. The number of para-hydroxylation sites is 1. The Morgan fingerprint density at radius 3 is 2.90 bits per heavy atom. The summed E-state index contributed by atoms with van der Waals surface area (Å²) in [5.41, 5.74) is 1.65. The Balaban J connectivity index is 1.91. The van der Waals surface area contributed by atoms with Crippen LogP contribution in [-0.4, -0.2) is 31.1 Å². The van der Waals surface area contributed by atoms with Gasteiger partial charge in [-0.15, -0.1) is 11.3 Å². The molecular formula is C16H18N2O2S. The van der Waals surface area contributed by atoms with Crippen molar-refractivity contribution in [3.8, 4) is 0 Å². The number of amides is 1. The summed E-state index contributed by atoms with van der Waals surface area (Å²) in [7, 11) is 1.68. The van der Waals surface area contributed by atoms with Gasteiger partial charge in [0.2, 0.25) is 0 Å². The number of methoxy groups -OCH3 is 1. The molecule has 0 aliphatic carbocycles. The molecule has 110 valence electrons. The van der Waals surface area contributed by atoms with Crippen LogP contribution in [0, 0.1) is 0 Å². The predicted molar refractivity (Wildman–Crippen MR) is 84.7 cm³/mol. The second kappa shape index (κ2) is 6.28. The molecule has 3 rings (SSSR count). The zero-order chi connectivity index (χ0) is 14.7. The van der Waals surface area contributed by atoms with E-state index in [0.29, 0.717) is 13.2 Å². The summed E-state index contributed by atoms with van der Waals surface area (Å²) in [5, 5.41) is 5.52. The first kappa shape index (κ1) is 14.1. The third kappa shape index (κ3) is 2.80. The molecule has 1 aliphatic heterocycles. The second-order valence-electron chi connectivity index (χ2n) is 4.95. The summed E-state index contributed by atoms with van der Waals surface area (Å²) in [4.78, 5) is 15.8. The van der Waals surface area contributed by atoms with Crippen LogP contribution in [-0.2, 0) is 4.74 Å². The van der Waals surface area contributed by atoms with Crippen molar-refractivity contribution in [1.82, 2.24) is 4.90 Å². The van der Waals surface area contributed by atoms with Crippen molar-refractivity contribution in [2.75, 3.05) is 25.6 Å². The zero-order valence-corrected chi connectivity index (χ0v) is 12.7. The van der Waals surface area contributed by atoms with Gasteiger partial charge in [-0.2, -0.15) is 0 Å². The number of rotatable bonds is 5. The van der Waals surface area contributed by atoms with Gasteiger partial charge in [-0.3, -0.25) is 4.79 Å². The van der Waals surface area contributed by atoms with Gasteiger partial charge in [-0.25, -0.2) is 0 Å². The van der Waals surface area contributed by atoms with E-state index in [9.17, 15) is 4.79 Å². The summed E-state index contributed by atoms with van der Waals surface area (Å²) >= 11 is 1.66. The fourth-order valence-electron chi connectivity index (χ4n) is 2.57. The minimum atomic E-state index is -0.0933. The van der Waals surface area contributed by atoms with Crippen molar-refractivity contribution in [3.63, 3.8) is 0 Å². The molecule has 0 bridgehead atoms. The van der Waals surface area contributed by atoms with E-state index in [2.05, 4.69) is 11.4 Å². The number of nitrogens with one attached hydrogen (secondary N) is 1. The highest BCUT2D eigenvalue weighted by molar-refractivity contribution is 7.10. The summed E-state index contributed by atoms with van der Waals surface area (Å²) in [6, 6.07) is 11.8. The van der Waals surface area contributed by atoms with Crippen LogP contribution < -0.4 is 5.32 Å². The lowest BCUT2D eigenvalue weighted by Crippen LogP contribution is -2.43. The number of thiophene rings is 1. The highest BCUT2D eigenvalue weighted by Crippen LogP contribution is 2.34. The molecule has 1 aromatic carbocycles. The maximum absolute atomic E-state index is 12.8. The Morgan fingerprint density at radius 2 is 2.14 bits per heavy atom. The smallest absolute Gasteiger partial charge is 0.257 e. The van der Waals surface area contributed by atoms with Crippen molar-refractivity contribution in [2.45, 2.75) is 12.6 Å². The van der Waals surface area contributed by atoms with E-state index >= 15 is 0 Å². The van der Waals surface area contributed by atoms with E-state index in [0.717, 1.165) is 22.5 Å². The molecule has 0 saturated carbocycles. The molecule has 1 N–H and O–H groups in total. The molecule has 0 saturated heterocycles. The topological polar surface area (TPSA) is 41.6 Å². The minimum absolute atomic E-state index is 0.0823. The van der Waals surface area contributed by atoms with Crippen molar-refractivity contribution in [3.05, 3.63) is 52.2 Å². The molecule has 21 heavy (non-hydrogen) atoms. The van der Waals surface area contributed by atoms with Gasteiger partial charge in [0.05, 0.1) is 5.56 Å². The quantitative estimate of drug-likeness (QED) is 0.861. The fraction of sp³-hybridized carbons (Fsp3) is 0.312. The van der Waals surface area contributed by atoms with Gasteiger partial charge in [-0.05, 0) is 30.0 Å². The van der Waals surface area contributed by atoms with Gasteiger partial charge >= 0.3 is 0 Å². The van der Waals surface area contributed by atoms with Crippen LogP contribution in [0.2, 0.25) is 0 Å². The standard InChI is InChI=1S/C16H18N2O2S/c1-20-10-5-9-18-15(14-8-4-11-21-14)17-13-7-3-2-6-12(13)16(18)19/h2-4,6-8,11,15,17H,5,9-10H2,1H3. The lowest BCUT2D eigenvalue weighted by molar-refractivity contribution is 0.0663. The molecule has 1 atom stereocenters. The number of anilines is 1. The molecule has 5 heteroatoms. The van der Waals surface area contributed by atoms with Crippen LogP contribution in [0.15, 0.2) is 41.8 Å². The van der Waals surface area contributed by atoms with Gasteiger partial charge in [0.25, 0.3) is 5.91 Å². The molecule has 1 aliphatic rings. The van der Waals surface area contributed by atoms with Crippen molar-refractivity contribution >= 4 is 22.9 Å². The van der Waals surface area contributed by atoms with E-state index in [-0.39, 0.29) is 12.1 Å². The number of carbonyl (C=O) groups excluding carboxylic acids is 1. The molecule has 2 aromatic rings. The Bertz CT molecular complexity index is 612. The molecular weight excluding hydrogens is 284 g/mol. The minimum Gasteiger partial charge on any atom is -0.385 e. The summed E-state index contributed by atoms with van der Waals surface area (Å²) < 4.78 is 5.11. The monoisotopic (exact) mass is 302 g/mol. The SMILES string of the molecule is COCCCN1C(=O)c2ccccc2NC1c1cccs1. The molecule has 0 radical (unpaired) electrons. The fourth-order valence-corrected chi connectivity index (χ4v) is 3.36. The van der Waals surface area contributed by atoms with Gasteiger partial charge in [0.1, 0.15) is 6.17 Å². The van der Waals surface area contributed by atoms with Gasteiger partial charge < -0.3 is 15.0 Å². The summed E-state index contributed by atoms with van der Waals surface area (Å²) in [5.74, 6) is 0.0823. The van der Waals surface area contributed by atoms with Crippen LogP contribution >= 0.6 is 11.3 Å². The van der Waals surface area contributed by atoms with Gasteiger partial charge in [0, 0.05) is 30.8 Å². The Hall–Kier alpha value is -1.85. The Labute approximate surface area is 128 Å². The average molecular weight is 302 g/mol. The van der Waals surface area contributed by atoms with E-state index in [1.165, 1.54) is 0 Å². The van der Waals surface area contributed by atoms with Gasteiger partial charge in [0.15, 0.2) is 0 Å². The summed E-state index contributed by atoms with van der Waals surface area (Å²) in [6.45, 7) is 1.33. The van der Waals surface area contributed by atoms with Gasteiger partial charge in [-0.1, -0.05) is 18.2 Å². The van der Waals surface area contributed by atoms with E-state index in [1.807, 2.05) is 40.6 Å². The Kier molecular flexibility index (Phi) is 4.22. The first-order valence-corrected chi connectivity index (χ1v) is 7.88. The molecule has 1 unspecified atom stereocenters.